The van der Waals surface area contributed by atoms with Crippen LogP contribution in [0.2, 0.25) is 0 Å². The van der Waals surface area contributed by atoms with Gasteiger partial charge in [-0.15, -0.1) is 0 Å². The molecule has 1 aromatic rings. The lowest BCUT2D eigenvalue weighted by atomic mass is 9.69. The standard InChI is InChI=1S/C15H23N3O/c1-3-4-7-15(19)9(2)8-10-5-6-11-12(10)13(15)18-14(16)17-11/h9-10,19H,3-8H2,1-2H3,(H2,16,17,18)/t9-,10+,15+/m0/s1. The van der Waals surface area contributed by atoms with Crippen molar-refractivity contribution >= 4 is 5.95 Å². The number of rotatable bonds is 3. The third kappa shape index (κ3) is 1.84. The number of aryl methyl sites for hydroxylation is 1. The molecule has 4 heteroatoms. The molecule has 1 heterocycles. The van der Waals surface area contributed by atoms with Crippen molar-refractivity contribution in [3.63, 3.8) is 0 Å². The molecule has 0 spiro atoms. The maximum Gasteiger partial charge on any atom is 0.220 e. The molecular weight excluding hydrogens is 238 g/mol. The highest BCUT2D eigenvalue weighted by molar-refractivity contribution is 5.43. The van der Waals surface area contributed by atoms with Gasteiger partial charge < -0.3 is 10.8 Å². The van der Waals surface area contributed by atoms with Gasteiger partial charge in [-0.2, -0.15) is 0 Å². The molecule has 3 N–H and O–H groups in total. The molecule has 0 unspecified atom stereocenters. The van der Waals surface area contributed by atoms with E-state index < -0.39 is 5.60 Å². The highest BCUT2D eigenvalue weighted by atomic mass is 16.3. The second-order valence-corrected chi connectivity index (χ2v) is 6.19. The van der Waals surface area contributed by atoms with Crippen molar-refractivity contribution in [3.8, 4) is 0 Å². The third-order valence-electron chi connectivity index (χ3n) is 4.95. The molecule has 0 radical (unpaired) electrons. The van der Waals surface area contributed by atoms with Gasteiger partial charge in [-0.25, -0.2) is 9.97 Å². The Morgan fingerprint density at radius 3 is 2.95 bits per heavy atom. The number of unbranched alkanes of at least 4 members (excludes halogenated alkanes) is 1. The van der Waals surface area contributed by atoms with Crippen LogP contribution in [0.4, 0.5) is 5.95 Å². The van der Waals surface area contributed by atoms with Crippen molar-refractivity contribution in [1.82, 2.24) is 9.97 Å². The maximum absolute atomic E-state index is 11.2. The average molecular weight is 261 g/mol. The summed E-state index contributed by atoms with van der Waals surface area (Å²) in [5.41, 5.74) is 8.16. The molecule has 3 atom stereocenters. The minimum absolute atomic E-state index is 0.247. The summed E-state index contributed by atoms with van der Waals surface area (Å²) >= 11 is 0. The van der Waals surface area contributed by atoms with Gasteiger partial charge in [0.2, 0.25) is 5.95 Å². The zero-order chi connectivity index (χ0) is 13.6. The van der Waals surface area contributed by atoms with E-state index in [1.54, 1.807) is 0 Å². The number of aromatic nitrogens is 2. The molecule has 0 saturated carbocycles. The Labute approximate surface area is 114 Å². The summed E-state index contributed by atoms with van der Waals surface area (Å²) in [5, 5.41) is 11.2. The topological polar surface area (TPSA) is 72.0 Å². The largest absolute Gasteiger partial charge is 0.383 e. The minimum Gasteiger partial charge on any atom is -0.383 e. The monoisotopic (exact) mass is 261 g/mol. The minimum atomic E-state index is -0.808. The number of anilines is 1. The van der Waals surface area contributed by atoms with Gasteiger partial charge in [-0.3, -0.25) is 0 Å². The van der Waals surface area contributed by atoms with E-state index in [-0.39, 0.29) is 5.92 Å². The first kappa shape index (κ1) is 12.9. The van der Waals surface area contributed by atoms with Crippen LogP contribution in [0, 0.1) is 5.92 Å². The summed E-state index contributed by atoms with van der Waals surface area (Å²) < 4.78 is 0. The van der Waals surface area contributed by atoms with Crippen LogP contribution in [0.25, 0.3) is 0 Å². The molecule has 0 aromatic carbocycles. The van der Waals surface area contributed by atoms with Crippen LogP contribution in [0.15, 0.2) is 0 Å². The highest BCUT2D eigenvalue weighted by Gasteiger charge is 2.47. The molecule has 4 nitrogen and oxygen atoms in total. The van der Waals surface area contributed by atoms with Gasteiger partial charge in [0.05, 0.1) is 5.69 Å². The first-order valence-corrected chi connectivity index (χ1v) is 7.45. The fourth-order valence-electron chi connectivity index (χ4n) is 3.84. The van der Waals surface area contributed by atoms with Crippen LogP contribution in [0.1, 0.15) is 68.8 Å². The Hall–Kier alpha value is -1.16. The van der Waals surface area contributed by atoms with Crippen LogP contribution in [0.5, 0.6) is 0 Å². The van der Waals surface area contributed by atoms with Crippen molar-refractivity contribution in [2.45, 2.75) is 63.9 Å². The summed E-state index contributed by atoms with van der Waals surface area (Å²) in [5.74, 6) is 1.10. The Bertz CT molecular complexity index is 502. The quantitative estimate of drug-likeness (QED) is 0.877. The number of aliphatic hydroxyl groups is 1. The lowest BCUT2D eigenvalue weighted by molar-refractivity contribution is -0.0451. The molecule has 104 valence electrons. The third-order valence-corrected chi connectivity index (χ3v) is 4.95. The van der Waals surface area contributed by atoms with E-state index in [1.165, 1.54) is 5.56 Å². The molecule has 2 aliphatic rings. The predicted molar refractivity (Wildman–Crippen MR) is 74.7 cm³/mol. The molecule has 0 saturated heterocycles. The Kier molecular flexibility index (Phi) is 3.01. The van der Waals surface area contributed by atoms with E-state index in [9.17, 15) is 5.11 Å². The second-order valence-electron chi connectivity index (χ2n) is 6.19. The Morgan fingerprint density at radius 2 is 2.21 bits per heavy atom. The normalized spacial score (nSPS) is 32.4. The van der Waals surface area contributed by atoms with Crippen molar-refractivity contribution in [2.24, 2.45) is 5.92 Å². The van der Waals surface area contributed by atoms with E-state index in [4.69, 9.17) is 5.73 Å². The van der Waals surface area contributed by atoms with Crippen molar-refractivity contribution < 1.29 is 5.11 Å². The molecule has 3 rings (SSSR count). The summed E-state index contributed by atoms with van der Waals surface area (Å²) in [6.45, 7) is 4.30. The van der Waals surface area contributed by atoms with Gasteiger partial charge in [-0.1, -0.05) is 26.7 Å². The lowest BCUT2D eigenvalue weighted by Gasteiger charge is -2.41. The molecule has 19 heavy (non-hydrogen) atoms. The number of nitrogens with two attached hydrogens (primary N) is 1. The zero-order valence-corrected chi connectivity index (χ0v) is 11.8. The van der Waals surface area contributed by atoms with Gasteiger partial charge in [0.15, 0.2) is 0 Å². The van der Waals surface area contributed by atoms with E-state index in [2.05, 4.69) is 23.8 Å². The van der Waals surface area contributed by atoms with E-state index in [0.717, 1.165) is 49.9 Å². The van der Waals surface area contributed by atoms with Crippen LogP contribution in [-0.2, 0) is 12.0 Å². The van der Waals surface area contributed by atoms with Crippen LogP contribution in [0.3, 0.4) is 0 Å². The van der Waals surface area contributed by atoms with Crippen molar-refractivity contribution in [1.29, 1.82) is 0 Å². The Morgan fingerprint density at radius 1 is 1.42 bits per heavy atom. The molecule has 0 amide bonds. The predicted octanol–water partition coefficient (Wildman–Crippen LogP) is 2.51. The molecule has 1 aromatic heterocycles. The van der Waals surface area contributed by atoms with Crippen LogP contribution >= 0.6 is 0 Å². The van der Waals surface area contributed by atoms with Gasteiger partial charge in [0.1, 0.15) is 5.60 Å². The lowest BCUT2D eigenvalue weighted by Crippen LogP contribution is -2.40. The molecule has 0 aliphatic heterocycles. The van der Waals surface area contributed by atoms with Gasteiger partial charge in [-0.05, 0) is 37.5 Å². The molecule has 0 bridgehead atoms. The molecule has 0 fully saturated rings. The van der Waals surface area contributed by atoms with E-state index in [1.807, 2.05) is 0 Å². The number of nitrogen functional groups attached to an aromatic ring is 1. The summed E-state index contributed by atoms with van der Waals surface area (Å²) in [6, 6.07) is 0. The van der Waals surface area contributed by atoms with E-state index >= 15 is 0 Å². The van der Waals surface area contributed by atoms with Gasteiger partial charge in [0.25, 0.3) is 0 Å². The molecular formula is C15H23N3O. The molecule has 2 aliphatic carbocycles. The number of hydrogen-bond donors (Lipinski definition) is 2. The second kappa shape index (κ2) is 4.44. The highest BCUT2D eigenvalue weighted by Crippen LogP contribution is 2.51. The van der Waals surface area contributed by atoms with E-state index in [0.29, 0.717) is 11.9 Å². The van der Waals surface area contributed by atoms with Crippen LogP contribution < -0.4 is 5.73 Å². The fraction of sp³-hybridized carbons (Fsp3) is 0.733. The average Bonchev–Trinajstić information content (AvgIpc) is 2.77. The number of hydrogen-bond acceptors (Lipinski definition) is 4. The van der Waals surface area contributed by atoms with Gasteiger partial charge in [0, 0.05) is 11.3 Å². The SMILES string of the molecule is CCCC[C@]1(O)c2nc(N)nc3c2[C@H](CC3)C[C@@H]1C. The number of nitrogens with zero attached hydrogens (tertiary/aromatic N) is 2. The van der Waals surface area contributed by atoms with Crippen molar-refractivity contribution in [2.75, 3.05) is 5.73 Å². The van der Waals surface area contributed by atoms with Crippen LogP contribution in [-0.4, -0.2) is 15.1 Å². The van der Waals surface area contributed by atoms with Crippen molar-refractivity contribution in [3.05, 3.63) is 17.0 Å². The first-order valence-electron chi connectivity index (χ1n) is 7.45. The first-order chi connectivity index (χ1) is 9.06. The summed E-state index contributed by atoms with van der Waals surface area (Å²) in [7, 11) is 0. The fourth-order valence-corrected chi connectivity index (χ4v) is 3.84. The summed E-state index contributed by atoms with van der Waals surface area (Å²) in [6.07, 6.45) is 6.05. The summed E-state index contributed by atoms with van der Waals surface area (Å²) in [4.78, 5) is 8.81. The smallest absolute Gasteiger partial charge is 0.220 e. The van der Waals surface area contributed by atoms with Gasteiger partial charge >= 0.3 is 0 Å². The Balaban J connectivity index is 2.12. The zero-order valence-electron chi connectivity index (χ0n) is 11.8. The maximum atomic E-state index is 11.2.